The average Bonchev–Trinajstić information content (AvgIpc) is 2.66. The Balaban J connectivity index is 2.44. The molecule has 0 aliphatic carbocycles. The minimum atomic E-state index is 0.325. The molecule has 0 saturated carbocycles. The van der Waals surface area contributed by atoms with Gasteiger partial charge in [0.15, 0.2) is 0 Å². The fourth-order valence-electron chi connectivity index (χ4n) is 1.14. The summed E-state index contributed by atoms with van der Waals surface area (Å²) in [5, 5.41) is 8.87. The molecule has 0 saturated heterocycles. The van der Waals surface area contributed by atoms with Crippen molar-refractivity contribution in [3.05, 3.63) is 40.1 Å². The third kappa shape index (κ3) is 2.25. The van der Waals surface area contributed by atoms with E-state index in [-0.39, 0.29) is 0 Å². The predicted octanol–water partition coefficient (Wildman–Crippen LogP) is 3.31. The normalized spacial score (nSPS) is 10.6. The van der Waals surface area contributed by atoms with E-state index in [9.17, 15) is 0 Å². The highest BCUT2D eigenvalue weighted by molar-refractivity contribution is 6.35. The molecular weight excluding hydrogens is 256 g/mol. The molecule has 0 atom stereocenters. The molecule has 0 amide bonds. The number of hydrogen-bond donors (Lipinski definition) is 0. The minimum absolute atomic E-state index is 0.325. The highest BCUT2D eigenvalue weighted by Crippen LogP contribution is 2.23. The highest BCUT2D eigenvalue weighted by atomic mass is 35.5. The Labute approximate surface area is 102 Å². The molecule has 0 N–H and O–H groups in total. The number of rotatable bonds is 2. The summed E-state index contributed by atoms with van der Waals surface area (Å²) in [6.45, 7) is 0. The quantitative estimate of drug-likeness (QED) is 0.777. The van der Waals surface area contributed by atoms with Gasteiger partial charge in [0.25, 0.3) is 0 Å². The molecule has 0 unspecified atom stereocenters. The Hall–Kier alpha value is -0.770. The summed E-state index contributed by atoms with van der Waals surface area (Å²) >= 11 is 17.4. The van der Waals surface area contributed by atoms with Crippen LogP contribution in [0.1, 0.15) is 5.69 Å². The molecule has 1 aromatic heterocycles. The van der Waals surface area contributed by atoms with Crippen LogP contribution in [-0.4, -0.2) is 15.0 Å². The van der Waals surface area contributed by atoms with Gasteiger partial charge < -0.3 is 0 Å². The summed E-state index contributed by atoms with van der Waals surface area (Å²) in [6, 6.07) is 5.17. The minimum Gasteiger partial charge on any atom is -0.219 e. The lowest BCUT2D eigenvalue weighted by Gasteiger charge is -2.02. The van der Waals surface area contributed by atoms with Crippen molar-refractivity contribution in [3.8, 4) is 5.69 Å². The first-order chi connectivity index (χ1) is 7.20. The first kappa shape index (κ1) is 10.7. The largest absolute Gasteiger partial charge is 0.219 e. The highest BCUT2D eigenvalue weighted by Gasteiger charge is 2.06. The van der Waals surface area contributed by atoms with Crippen LogP contribution in [0.5, 0.6) is 0 Å². The van der Waals surface area contributed by atoms with Gasteiger partial charge in [-0.05, 0) is 18.2 Å². The number of halogens is 3. The second kappa shape index (κ2) is 4.39. The van der Waals surface area contributed by atoms with E-state index in [1.807, 2.05) is 0 Å². The van der Waals surface area contributed by atoms with Crippen LogP contribution >= 0.6 is 34.8 Å². The van der Waals surface area contributed by atoms with Crippen molar-refractivity contribution >= 4 is 34.8 Å². The van der Waals surface area contributed by atoms with Gasteiger partial charge in [-0.15, -0.1) is 16.7 Å². The van der Waals surface area contributed by atoms with Crippen molar-refractivity contribution < 1.29 is 0 Å². The second-order valence-corrected chi connectivity index (χ2v) is 3.99. The second-order valence-electron chi connectivity index (χ2n) is 2.88. The van der Waals surface area contributed by atoms with Gasteiger partial charge in [-0.25, -0.2) is 4.68 Å². The van der Waals surface area contributed by atoms with E-state index in [2.05, 4.69) is 10.3 Å². The Morgan fingerprint density at radius 3 is 2.67 bits per heavy atom. The standard InChI is InChI=1S/C9H6Cl3N3/c10-4-7-5-15(14-13-7)9-2-1-6(11)3-8(9)12/h1-3,5H,4H2. The summed E-state index contributed by atoms with van der Waals surface area (Å²) in [5.74, 6) is 0.325. The van der Waals surface area contributed by atoms with Gasteiger partial charge in [0.2, 0.25) is 0 Å². The summed E-state index contributed by atoms with van der Waals surface area (Å²) in [6.07, 6.45) is 1.72. The molecule has 1 aromatic carbocycles. The monoisotopic (exact) mass is 261 g/mol. The van der Waals surface area contributed by atoms with Crippen molar-refractivity contribution in [1.82, 2.24) is 15.0 Å². The summed E-state index contributed by atoms with van der Waals surface area (Å²) < 4.78 is 1.57. The van der Waals surface area contributed by atoms with Crippen LogP contribution in [0.25, 0.3) is 5.69 Å². The van der Waals surface area contributed by atoms with Crippen LogP contribution in [0.3, 0.4) is 0 Å². The zero-order valence-electron chi connectivity index (χ0n) is 7.49. The zero-order valence-corrected chi connectivity index (χ0v) is 9.76. The van der Waals surface area contributed by atoms with Crippen molar-refractivity contribution in [2.24, 2.45) is 0 Å². The number of aromatic nitrogens is 3. The van der Waals surface area contributed by atoms with E-state index in [0.29, 0.717) is 21.6 Å². The summed E-state index contributed by atoms with van der Waals surface area (Å²) in [5.41, 5.74) is 1.42. The van der Waals surface area contributed by atoms with Crippen molar-refractivity contribution in [1.29, 1.82) is 0 Å². The van der Waals surface area contributed by atoms with Gasteiger partial charge in [-0.2, -0.15) is 0 Å². The maximum Gasteiger partial charge on any atom is 0.0979 e. The molecule has 0 radical (unpaired) electrons. The fourth-order valence-corrected chi connectivity index (χ4v) is 1.76. The molecular formula is C9H6Cl3N3. The van der Waals surface area contributed by atoms with Gasteiger partial charge in [0.05, 0.1) is 28.5 Å². The SMILES string of the molecule is ClCc1cn(-c2ccc(Cl)cc2Cl)nn1. The van der Waals surface area contributed by atoms with E-state index in [4.69, 9.17) is 34.8 Å². The maximum atomic E-state index is 6.01. The molecule has 0 fully saturated rings. The van der Waals surface area contributed by atoms with Gasteiger partial charge in [-0.1, -0.05) is 28.4 Å². The Bertz CT molecular complexity index is 481. The molecule has 3 nitrogen and oxygen atoms in total. The molecule has 2 rings (SSSR count). The number of benzene rings is 1. The van der Waals surface area contributed by atoms with Crippen LogP contribution in [0.4, 0.5) is 0 Å². The fraction of sp³-hybridized carbons (Fsp3) is 0.111. The average molecular weight is 263 g/mol. The van der Waals surface area contributed by atoms with Crippen LogP contribution in [0, 0.1) is 0 Å². The Kier molecular flexibility index (Phi) is 3.14. The molecule has 78 valence electrons. The lowest BCUT2D eigenvalue weighted by molar-refractivity contribution is 0.800. The number of hydrogen-bond acceptors (Lipinski definition) is 2. The van der Waals surface area contributed by atoms with E-state index >= 15 is 0 Å². The predicted molar refractivity (Wildman–Crippen MR) is 60.9 cm³/mol. The number of alkyl halides is 1. The van der Waals surface area contributed by atoms with E-state index in [1.54, 1.807) is 29.1 Å². The first-order valence-corrected chi connectivity index (χ1v) is 5.42. The third-order valence-corrected chi connectivity index (χ3v) is 2.65. The summed E-state index contributed by atoms with van der Waals surface area (Å²) in [4.78, 5) is 0. The number of nitrogens with zero attached hydrogens (tertiary/aromatic N) is 3. The topological polar surface area (TPSA) is 30.7 Å². The molecule has 15 heavy (non-hydrogen) atoms. The molecule has 6 heteroatoms. The van der Waals surface area contributed by atoms with E-state index < -0.39 is 0 Å². The van der Waals surface area contributed by atoms with E-state index in [0.717, 1.165) is 5.69 Å². The van der Waals surface area contributed by atoms with Gasteiger partial charge >= 0.3 is 0 Å². The smallest absolute Gasteiger partial charge is 0.0979 e. The van der Waals surface area contributed by atoms with Crippen LogP contribution in [0.2, 0.25) is 10.0 Å². The molecule has 0 aliphatic rings. The molecule has 0 bridgehead atoms. The van der Waals surface area contributed by atoms with Gasteiger partial charge in [0.1, 0.15) is 0 Å². The van der Waals surface area contributed by atoms with Crippen LogP contribution < -0.4 is 0 Å². The van der Waals surface area contributed by atoms with Crippen LogP contribution in [-0.2, 0) is 5.88 Å². The first-order valence-electron chi connectivity index (χ1n) is 4.13. The lowest BCUT2D eigenvalue weighted by Crippen LogP contribution is -1.95. The Morgan fingerprint density at radius 2 is 2.07 bits per heavy atom. The van der Waals surface area contributed by atoms with Gasteiger partial charge in [-0.3, -0.25) is 0 Å². The lowest BCUT2D eigenvalue weighted by atomic mass is 10.3. The van der Waals surface area contributed by atoms with Crippen molar-refractivity contribution in [3.63, 3.8) is 0 Å². The summed E-state index contributed by atoms with van der Waals surface area (Å²) in [7, 11) is 0. The Morgan fingerprint density at radius 1 is 1.27 bits per heavy atom. The van der Waals surface area contributed by atoms with Crippen molar-refractivity contribution in [2.75, 3.05) is 0 Å². The molecule has 0 aliphatic heterocycles. The van der Waals surface area contributed by atoms with Crippen molar-refractivity contribution in [2.45, 2.75) is 5.88 Å². The van der Waals surface area contributed by atoms with E-state index in [1.165, 1.54) is 0 Å². The van der Waals surface area contributed by atoms with Crippen LogP contribution in [0.15, 0.2) is 24.4 Å². The zero-order chi connectivity index (χ0) is 10.8. The third-order valence-electron chi connectivity index (χ3n) is 1.83. The maximum absolute atomic E-state index is 6.01. The molecule has 2 aromatic rings. The van der Waals surface area contributed by atoms with Gasteiger partial charge in [0, 0.05) is 5.02 Å². The molecule has 1 heterocycles. The molecule has 0 spiro atoms.